The molecule has 1 N–H and O–H groups in total. The number of ether oxygens (including phenoxy) is 2. The van der Waals surface area contributed by atoms with E-state index in [0.29, 0.717) is 12.8 Å². The number of hydrogen-bond acceptors (Lipinski definition) is 7. The molecule has 3 aliphatic carbocycles. The summed E-state index contributed by atoms with van der Waals surface area (Å²) in [5, 5.41) is 11.6. The third kappa shape index (κ3) is 4.67. The summed E-state index contributed by atoms with van der Waals surface area (Å²) in [6, 6.07) is 3.55. The minimum absolute atomic E-state index is 0.0945. The Bertz CT molecular complexity index is 1080. The van der Waals surface area contributed by atoms with Gasteiger partial charge in [-0.05, 0) is 60.6 Å². The lowest BCUT2D eigenvalue weighted by Gasteiger charge is -2.61. The molecule has 1 aromatic rings. The van der Waals surface area contributed by atoms with E-state index in [2.05, 4.69) is 32.3 Å². The summed E-state index contributed by atoms with van der Waals surface area (Å²) in [6.07, 6.45) is 9.75. The molecule has 200 valence electrons. The van der Waals surface area contributed by atoms with Crippen molar-refractivity contribution in [3.8, 4) is 0 Å². The number of Topliss-reactive ketones (excluding diaryl/α,β-unsaturated/α-hetero) is 1. The van der Waals surface area contributed by atoms with Gasteiger partial charge in [-0.3, -0.25) is 9.78 Å². The Morgan fingerprint density at radius 2 is 2.03 bits per heavy atom. The van der Waals surface area contributed by atoms with Crippen LogP contribution in [0.4, 0.5) is 0 Å². The molecule has 37 heavy (non-hydrogen) atoms. The van der Waals surface area contributed by atoms with Crippen LogP contribution in [0.15, 0.2) is 43.3 Å². The molecule has 3 fully saturated rings. The number of aromatic nitrogens is 1. The van der Waals surface area contributed by atoms with E-state index in [9.17, 15) is 19.5 Å². The third-order valence-electron chi connectivity index (χ3n) is 10.0. The zero-order chi connectivity index (χ0) is 27.0. The summed E-state index contributed by atoms with van der Waals surface area (Å²) in [5.41, 5.74) is -0.923. The summed E-state index contributed by atoms with van der Waals surface area (Å²) in [6.45, 7) is 11.7. The van der Waals surface area contributed by atoms with E-state index in [4.69, 9.17) is 9.47 Å². The molecule has 7 heteroatoms. The average Bonchev–Trinajstić information content (AvgIpc) is 3.25. The highest BCUT2D eigenvalue weighted by atomic mass is 16.6. The monoisotopic (exact) mass is 509 g/mol. The number of esters is 2. The molecule has 0 radical (unpaired) electrons. The van der Waals surface area contributed by atoms with Crippen molar-refractivity contribution in [1.29, 1.82) is 0 Å². The van der Waals surface area contributed by atoms with Gasteiger partial charge in [-0.1, -0.05) is 39.8 Å². The molecule has 7 nitrogen and oxygen atoms in total. The molecule has 3 aliphatic rings. The summed E-state index contributed by atoms with van der Waals surface area (Å²) < 4.78 is 11.2. The number of carbonyl (C=O) groups excluding carboxylic acids is 3. The van der Waals surface area contributed by atoms with Gasteiger partial charge >= 0.3 is 11.9 Å². The average molecular weight is 510 g/mol. The molecular weight excluding hydrogens is 470 g/mol. The Hall–Kier alpha value is -2.80. The molecular formula is C30H39NO6. The first-order chi connectivity index (χ1) is 17.5. The number of ketones is 1. The zero-order valence-electron chi connectivity index (χ0n) is 22.3. The first-order valence-electron chi connectivity index (χ1n) is 13.3. The molecule has 0 amide bonds. The molecule has 1 aromatic heterocycles. The van der Waals surface area contributed by atoms with Gasteiger partial charge in [0.15, 0.2) is 6.61 Å². The minimum Gasteiger partial charge on any atom is -0.459 e. The topological polar surface area (TPSA) is 103 Å². The standard InChI is InChI=1S/C30H39NO6/c1-6-28(4)16-23(37-25(34)18-36-24(33)10-9-21-8-7-15-31-17-21)29(5)19(2)11-13-30(20(3)27(28)35)14-12-22(32)26(29)30/h6-10,15,17,19-20,23,26-27,35H,1,11-14,16,18H2,2-5H3/b10-9+/t19-,20+,23-,26+,27+,28-,29+,30+/m1/s1. The number of aliphatic hydroxyl groups excluding tert-OH is 1. The molecule has 0 saturated heterocycles. The molecule has 0 aliphatic heterocycles. The van der Waals surface area contributed by atoms with E-state index in [0.717, 1.165) is 24.8 Å². The van der Waals surface area contributed by atoms with Crippen molar-refractivity contribution in [2.45, 2.75) is 72.0 Å². The summed E-state index contributed by atoms with van der Waals surface area (Å²) >= 11 is 0. The second-order valence-electron chi connectivity index (χ2n) is 11.8. The summed E-state index contributed by atoms with van der Waals surface area (Å²) in [7, 11) is 0. The van der Waals surface area contributed by atoms with Crippen LogP contribution in [0.1, 0.15) is 65.4 Å². The highest BCUT2D eigenvalue weighted by Crippen LogP contribution is 2.67. The molecule has 0 aromatic carbocycles. The van der Waals surface area contributed by atoms with Crippen molar-refractivity contribution < 1.29 is 29.0 Å². The SMILES string of the molecule is C=C[C@]1(C)C[C@@H](OC(=O)COC(=O)/C=C/c2cccnc2)[C@]2(C)[C@H](C)CC[C@]3(CCC(=O)[C@H]32)[C@@H](C)[C@@H]1O. The second-order valence-corrected chi connectivity index (χ2v) is 11.8. The fourth-order valence-corrected chi connectivity index (χ4v) is 7.51. The number of pyridine rings is 1. The van der Waals surface area contributed by atoms with Gasteiger partial charge in [-0.25, -0.2) is 9.59 Å². The van der Waals surface area contributed by atoms with Crippen LogP contribution >= 0.6 is 0 Å². The lowest BCUT2D eigenvalue weighted by atomic mass is 9.44. The predicted octanol–water partition coefficient (Wildman–Crippen LogP) is 4.54. The lowest BCUT2D eigenvalue weighted by molar-refractivity contribution is -0.208. The van der Waals surface area contributed by atoms with Crippen molar-refractivity contribution >= 4 is 23.8 Å². The molecule has 8 atom stereocenters. The molecule has 0 spiro atoms. The van der Waals surface area contributed by atoms with Crippen molar-refractivity contribution in [1.82, 2.24) is 4.98 Å². The van der Waals surface area contributed by atoms with Crippen LogP contribution in [0.3, 0.4) is 0 Å². The van der Waals surface area contributed by atoms with Crippen LogP contribution in [0.25, 0.3) is 6.08 Å². The van der Waals surface area contributed by atoms with Crippen LogP contribution in [-0.2, 0) is 23.9 Å². The normalized spacial score (nSPS) is 39.4. The van der Waals surface area contributed by atoms with Crippen LogP contribution in [0, 0.1) is 34.0 Å². The van der Waals surface area contributed by atoms with Gasteiger partial charge in [0.1, 0.15) is 11.9 Å². The number of nitrogens with zero attached hydrogens (tertiary/aromatic N) is 1. The first-order valence-corrected chi connectivity index (χ1v) is 13.3. The Morgan fingerprint density at radius 3 is 2.70 bits per heavy atom. The van der Waals surface area contributed by atoms with Crippen molar-refractivity contribution in [2.75, 3.05) is 6.61 Å². The third-order valence-corrected chi connectivity index (χ3v) is 10.0. The van der Waals surface area contributed by atoms with Crippen LogP contribution in [-0.4, -0.2) is 46.6 Å². The quantitative estimate of drug-likeness (QED) is 0.341. The Morgan fingerprint density at radius 1 is 1.27 bits per heavy atom. The van der Waals surface area contributed by atoms with Crippen molar-refractivity contribution in [3.63, 3.8) is 0 Å². The minimum atomic E-state index is -0.729. The van der Waals surface area contributed by atoms with E-state index in [1.807, 2.05) is 6.92 Å². The van der Waals surface area contributed by atoms with Gasteiger partial charge in [-0.15, -0.1) is 6.58 Å². The van der Waals surface area contributed by atoms with Gasteiger partial charge in [0, 0.05) is 41.6 Å². The van der Waals surface area contributed by atoms with Crippen LogP contribution < -0.4 is 0 Å². The highest BCUT2D eigenvalue weighted by molar-refractivity contribution is 5.88. The molecule has 1 heterocycles. The summed E-state index contributed by atoms with van der Waals surface area (Å²) in [4.78, 5) is 42.6. The first kappa shape index (κ1) is 27.2. The van der Waals surface area contributed by atoms with Gasteiger partial charge < -0.3 is 14.6 Å². The predicted molar refractivity (Wildman–Crippen MR) is 139 cm³/mol. The zero-order valence-corrected chi connectivity index (χ0v) is 22.3. The Balaban J connectivity index is 1.57. The van der Waals surface area contributed by atoms with Crippen molar-refractivity contribution in [2.24, 2.45) is 34.0 Å². The van der Waals surface area contributed by atoms with Gasteiger partial charge in [-0.2, -0.15) is 0 Å². The highest BCUT2D eigenvalue weighted by Gasteiger charge is 2.68. The smallest absolute Gasteiger partial charge is 0.344 e. The lowest BCUT2D eigenvalue weighted by Crippen LogP contribution is -2.63. The number of rotatable bonds is 6. The van der Waals surface area contributed by atoms with E-state index < -0.39 is 41.6 Å². The molecule has 4 rings (SSSR count). The van der Waals surface area contributed by atoms with Gasteiger partial charge in [0.05, 0.1) is 6.10 Å². The van der Waals surface area contributed by atoms with Crippen molar-refractivity contribution in [3.05, 3.63) is 48.8 Å². The van der Waals surface area contributed by atoms with E-state index in [1.54, 1.807) is 36.7 Å². The van der Waals surface area contributed by atoms with Gasteiger partial charge in [0.25, 0.3) is 0 Å². The number of hydrogen-bond donors (Lipinski definition) is 1. The van der Waals surface area contributed by atoms with E-state index in [-0.39, 0.29) is 29.0 Å². The molecule has 2 bridgehead atoms. The maximum Gasteiger partial charge on any atom is 0.344 e. The molecule has 3 saturated carbocycles. The summed E-state index contributed by atoms with van der Waals surface area (Å²) in [5.74, 6) is -1.40. The fraction of sp³-hybridized carbons (Fsp3) is 0.600. The number of aliphatic hydroxyl groups is 1. The number of carbonyl (C=O) groups is 3. The largest absolute Gasteiger partial charge is 0.459 e. The maximum absolute atomic E-state index is 13.4. The van der Waals surface area contributed by atoms with Crippen LogP contribution in [0.2, 0.25) is 0 Å². The fourth-order valence-electron chi connectivity index (χ4n) is 7.51. The molecule has 0 unspecified atom stereocenters. The second kappa shape index (κ2) is 10.2. The Labute approximate surface area is 219 Å². The van der Waals surface area contributed by atoms with Crippen LogP contribution in [0.5, 0.6) is 0 Å². The van der Waals surface area contributed by atoms with E-state index >= 15 is 0 Å². The van der Waals surface area contributed by atoms with E-state index in [1.165, 1.54) is 6.08 Å². The Kier molecular flexibility index (Phi) is 7.48. The van der Waals surface area contributed by atoms with Gasteiger partial charge in [0.2, 0.25) is 0 Å². The maximum atomic E-state index is 13.4.